The summed E-state index contributed by atoms with van der Waals surface area (Å²) >= 11 is 1.67. The lowest BCUT2D eigenvalue weighted by molar-refractivity contribution is -0.164. The lowest BCUT2D eigenvalue weighted by atomic mass is 10.0. The van der Waals surface area contributed by atoms with Crippen molar-refractivity contribution < 1.29 is 19.0 Å². The second-order valence-corrected chi connectivity index (χ2v) is 7.46. The Morgan fingerprint density at radius 3 is 3.04 bits per heavy atom. The van der Waals surface area contributed by atoms with E-state index in [0.29, 0.717) is 32.9 Å². The summed E-state index contributed by atoms with van der Waals surface area (Å²) in [6, 6.07) is 0. The molecule has 0 unspecified atom stereocenters. The van der Waals surface area contributed by atoms with Crippen molar-refractivity contribution in [2.24, 2.45) is 0 Å². The molecule has 7 nitrogen and oxygen atoms in total. The summed E-state index contributed by atoms with van der Waals surface area (Å²) in [5.74, 6) is 0.00565. The maximum atomic E-state index is 12.2. The fourth-order valence-corrected chi connectivity index (χ4v) is 3.89. The van der Waals surface area contributed by atoms with E-state index in [1.165, 1.54) is 0 Å². The van der Waals surface area contributed by atoms with Crippen LogP contribution in [0.1, 0.15) is 10.7 Å². The Morgan fingerprint density at radius 2 is 2.29 bits per heavy atom. The molecule has 8 heteroatoms. The quantitative estimate of drug-likeness (QED) is 0.785. The fraction of sp³-hybridized carbons (Fsp3) is 0.750. The first-order valence-electron chi connectivity index (χ1n) is 8.22. The van der Waals surface area contributed by atoms with Crippen LogP contribution in [0.4, 0.5) is 0 Å². The van der Waals surface area contributed by atoms with E-state index in [0.717, 1.165) is 30.3 Å². The first-order valence-corrected chi connectivity index (χ1v) is 9.10. The summed E-state index contributed by atoms with van der Waals surface area (Å²) in [6.07, 6.45) is 0. The van der Waals surface area contributed by atoms with Crippen molar-refractivity contribution in [2.75, 3.05) is 59.7 Å². The van der Waals surface area contributed by atoms with Gasteiger partial charge in [0, 0.05) is 38.7 Å². The number of thiazole rings is 1. The van der Waals surface area contributed by atoms with Gasteiger partial charge in [-0.15, -0.1) is 11.3 Å². The van der Waals surface area contributed by atoms with Crippen LogP contribution in [0.5, 0.6) is 0 Å². The molecule has 1 spiro atoms. The van der Waals surface area contributed by atoms with Crippen LogP contribution in [-0.4, -0.2) is 86.0 Å². The van der Waals surface area contributed by atoms with Crippen LogP contribution in [0.15, 0.2) is 5.38 Å². The standard InChI is InChI=1S/C16H25N3O4S/c1-13-17-14(9-24-13)7-18-3-5-22-12-16(10-18)11-19(4-6-23-16)15(20)8-21-2/h9H,3-8,10-12H2,1-2H3/t16-/m0/s1. The molecule has 0 saturated carbocycles. The minimum atomic E-state index is -0.469. The summed E-state index contributed by atoms with van der Waals surface area (Å²) in [4.78, 5) is 20.9. The zero-order valence-corrected chi connectivity index (χ0v) is 15.1. The van der Waals surface area contributed by atoms with Crippen molar-refractivity contribution in [1.29, 1.82) is 0 Å². The van der Waals surface area contributed by atoms with Gasteiger partial charge >= 0.3 is 0 Å². The second kappa shape index (κ2) is 7.88. The maximum Gasteiger partial charge on any atom is 0.248 e. The highest BCUT2D eigenvalue weighted by Gasteiger charge is 2.41. The predicted molar refractivity (Wildman–Crippen MR) is 90.1 cm³/mol. The van der Waals surface area contributed by atoms with Gasteiger partial charge in [0.25, 0.3) is 0 Å². The average Bonchev–Trinajstić information content (AvgIpc) is 2.87. The van der Waals surface area contributed by atoms with E-state index in [-0.39, 0.29) is 12.5 Å². The van der Waals surface area contributed by atoms with E-state index in [9.17, 15) is 4.79 Å². The number of hydrogen-bond donors (Lipinski definition) is 0. The predicted octanol–water partition coefficient (Wildman–Crippen LogP) is 0.528. The molecule has 1 aromatic rings. The highest BCUT2D eigenvalue weighted by molar-refractivity contribution is 7.09. The number of aromatic nitrogens is 1. The minimum absolute atomic E-state index is 0.00565. The lowest BCUT2D eigenvalue weighted by Crippen LogP contribution is -2.60. The van der Waals surface area contributed by atoms with Gasteiger partial charge in [-0.2, -0.15) is 0 Å². The molecular formula is C16H25N3O4S. The van der Waals surface area contributed by atoms with Gasteiger partial charge in [0.2, 0.25) is 5.91 Å². The van der Waals surface area contributed by atoms with Gasteiger partial charge in [0.15, 0.2) is 0 Å². The number of aryl methyl sites for hydroxylation is 1. The number of carbonyl (C=O) groups is 1. The number of ether oxygens (including phenoxy) is 3. The zero-order chi connectivity index (χ0) is 17.0. The van der Waals surface area contributed by atoms with Crippen LogP contribution in [0.3, 0.4) is 0 Å². The van der Waals surface area contributed by atoms with Gasteiger partial charge in [-0.05, 0) is 6.92 Å². The summed E-state index contributed by atoms with van der Waals surface area (Å²) in [5, 5.41) is 3.18. The van der Waals surface area contributed by atoms with E-state index in [1.54, 1.807) is 18.4 Å². The maximum absolute atomic E-state index is 12.2. The van der Waals surface area contributed by atoms with Crippen molar-refractivity contribution in [3.8, 4) is 0 Å². The highest BCUT2D eigenvalue weighted by atomic mass is 32.1. The van der Waals surface area contributed by atoms with Gasteiger partial charge in [-0.3, -0.25) is 9.69 Å². The molecule has 2 saturated heterocycles. The Labute approximate surface area is 146 Å². The summed E-state index contributed by atoms with van der Waals surface area (Å²) in [5.41, 5.74) is 0.612. The summed E-state index contributed by atoms with van der Waals surface area (Å²) in [7, 11) is 1.54. The van der Waals surface area contributed by atoms with E-state index in [2.05, 4.69) is 15.3 Å². The monoisotopic (exact) mass is 355 g/mol. The Kier molecular flexibility index (Phi) is 5.83. The molecule has 2 aliphatic rings. The van der Waals surface area contributed by atoms with E-state index < -0.39 is 5.60 Å². The Morgan fingerprint density at radius 1 is 1.42 bits per heavy atom. The molecule has 24 heavy (non-hydrogen) atoms. The highest BCUT2D eigenvalue weighted by Crippen LogP contribution is 2.24. The number of hydrogen-bond acceptors (Lipinski definition) is 7. The van der Waals surface area contributed by atoms with Crippen LogP contribution < -0.4 is 0 Å². The molecule has 1 aromatic heterocycles. The van der Waals surface area contributed by atoms with Crippen molar-refractivity contribution in [2.45, 2.75) is 19.1 Å². The number of amides is 1. The number of nitrogens with zero attached hydrogens (tertiary/aromatic N) is 3. The fourth-order valence-electron chi connectivity index (χ4n) is 3.28. The third-order valence-electron chi connectivity index (χ3n) is 4.35. The third kappa shape index (κ3) is 4.31. The minimum Gasteiger partial charge on any atom is -0.377 e. The molecular weight excluding hydrogens is 330 g/mol. The first-order chi connectivity index (χ1) is 11.6. The van der Waals surface area contributed by atoms with Gasteiger partial charge in [-0.25, -0.2) is 4.98 Å². The van der Waals surface area contributed by atoms with Gasteiger partial charge in [0.05, 0.1) is 37.1 Å². The van der Waals surface area contributed by atoms with Gasteiger partial charge in [0.1, 0.15) is 12.2 Å². The Hall–Kier alpha value is -1.06. The normalized spacial score (nSPS) is 25.8. The largest absolute Gasteiger partial charge is 0.377 e. The van der Waals surface area contributed by atoms with E-state index >= 15 is 0 Å². The molecule has 3 heterocycles. The average molecular weight is 355 g/mol. The van der Waals surface area contributed by atoms with Crippen LogP contribution >= 0.6 is 11.3 Å². The Balaban J connectivity index is 1.67. The summed E-state index contributed by atoms with van der Waals surface area (Å²) < 4.78 is 16.9. The molecule has 1 atom stereocenters. The SMILES string of the molecule is COCC(=O)N1CCO[C@]2(COCCN(Cc3csc(C)n3)C2)C1. The second-order valence-electron chi connectivity index (χ2n) is 6.40. The van der Waals surface area contributed by atoms with Gasteiger partial charge < -0.3 is 19.1 Å². The third-order valence-corrected chi connectivity index (χ3v) is 5.17. The van der Waals surface area contributed by atoms with Crippen LogP contribution in [0.2, 0.25) is 0 Å². The topological polar surface area (TPSA) is 64.1 Å². The molecule has 3 rings (SSSR count). The molecule has 0 aliphatic carbocycles. The van der Waals surface area contributed by atoms with Crippen molar-refractivity contribution in [3.05, 3.63) is 16.1 Å². The number of methoxy groups -OCH3 is 1. The molecule has 2 aliphatic heterocycles. The number of morpholine rings is 1. The van der Waals surface area contributed by atoms with Gasteiger partial charge in [-0.1, -0.05) is 0 Å². The molecule has 0 radical (unpaired) electrons. The molecule has 0 aromatic carbocycles. The molecule has 0 N–H and O–H groups in total. The molecule has 2 fully saturated rings. The smallest absolute Gasteiger partial charge is 0.248 e. The number of carbonyl (C=O) groups excluding carboxylic acids is 1. The van der Waals surface area contributed by atoms with Crippen LogP contribution in [0.25, 0.3) is 0 Å². The van der Waals surface area contributed by atoms with E-state index in [4.69, 9.17) is 14.2 Å². The first kappa shape index (κ1) is 17.8. The van der Waals surface area contributed by atoms with Crippen molar-refractivity contribution in [1.82, 2.24) is 14.8 Å². The molecule has 1 amide bonds. The van der Waals surface area contributed by atoms with E-state index in [1.807, 2.05) is 11.8 Å². The lowest BCUT2D eigenvalue weighted by Gasteiger charge is -2.43. The van der Waals surface area contributed by atoms with Crippen molar-refractivity contribution >= 4 is 17.2 Å². The molecule has 134 valence electrons. The molecule has 0 bridgehead atoms. The van der Waals surface area contributed by atoms with Crippen LogP contribution in [-0.2, 0) is 25.5 Å². The number of rotatable bonds is 4. The summed E-state index contributed by atoms with van der Waals surface area (Å²) in [6.45, 7) is 7.35. The van der Waals surface area contributed by atoms with Crippen molar-refractivity contribution in [3.63, 3.8) is 0 Å². The zero-order valence-electron chi connectivity index (χ0n) is 14.3. The van der Waals surface area contributed by atoms with Crippen LogP contribution in [0, 0.1) is 6.92 Å². The Bertz CT molecular complexity index is 567.